The van der Waals surface area contributed by atoms with Gasteiger partial charge in [0.1, 0.15) is 36.2 Å². The predicted octanol–water partition coefficient (Wildman–Crippen LogP) is -0.778. The maximum absolute atomic E-state index is 11.2. The number of aliphatic hydroxyl groups is 2. The first-order valence-corrected chi connectivity index (χ1v) is 11.7. The Labute approximate surface area is 207 Å². The van der Waals surface area contributed by atoms with Gasteiger partial charge >= 0.3 is 5.97 Å². The summed E-state index contributed by atoms with van der Waals surface area (Å²) in [7, 11) is 0. The van der Waals surface area contributed by atoms with Crippen molar-refractivity contribution in [3.63, 3.8) is 0 Å². The molecule has 36 heavy (non-hydrogen) atoms. The van der Waals surface area contributed by atoms with E-state index in [2.05, 4.69) is 15.0 Å². The fraction of sp³-hybridized carbons (Fsp3) is 0.478. The molecular weight excluding hydrogens is 468 g/mol. The van der Waals surface area contributed by atoms with Crippen molar-refractivity contribution in [2.75, 3.05) is 25.4 Å². The summed E-state index contributed by atoms with van der Waals surface area (Å²) < 4.78 is 7.57. The molecule has 1 aromatic carbocycles. The number of carboxylic acids is 1. The van der Waals surface area contributed by atoms with Crippen LogP contribution in [0.2, 0.25) is 0 Å². The molecule has 0 spiro atoms. The number of benzene rings is 1. The van der Waals surface area contributed by atoms with Crippen LogP contribution < -0.4 is 17.2 Å². The maximum Gasteiger partial charge on any atom is 0.320 e. The summed E-state index contributed by atoms with van der Waals surface area (Å²) >= 11 is 0. The zero-order chi connectivity index (χ0) is 25.8. The van der Waals surface area contributed by atoms with Crippen molar-refractivity contribution in [3.8, 4) is 0 Å². The highest BCUT2D eigenvalue weighted by Gasteiger charge is 2.44. The number of nitrogens with zero attached hydrogens (tertiary/aromatic N) is 5. The van der Waals surface area contributed by atoms with Crippen molar-refractivity contribution in [3.05, 3.63) is 48.5 Å². The van der Waals surface area contributed by atoms with Gasteiger partial charge in [-0.25, -0.2) is 15.0 Å². The number of carbonyl (C=O) groups is 1. The quantitative estimate of drug-likeness (QED) is 0.191. The van der Waals surface area contributed by atoms with Gasteiger partial charge in [-0.3, -0.25) is 9.36 Å². The lowest BCUT2D eigenvalue weighted by atomic mass is 10.0. The lowest BCUT2D eigenvalue weighted by Crippen LogP contribution is -2.43. The van der Waals surface area contributed by atoms with Crippen LogP contribution in [0.3, 0.4) is 0 Å². The van der Waals surface area contributed by atoms with E-state index in [9.17, 15) is 20.1 Å². The van der Waals surface area contributed by atoms with Crippen molar-refractivity contribution < 1.29 is 24.9 Å². The smallest absolute Gasteiger partial charge is 0.320 e. The van der Waals surface area contributed by atoms with E-state index in [0.717, 1.165) is 5.56 Å². The van der Waals surface area contributed by atoms with Gasteiger partial charge in [-0.05, 0) is 18.4 Å². The molecule has 0 saturated carbocycles. The largest absolute Gasteiger partial charge is 0.480 e. The van der Waals surface area contributed by atoms with E-state index >= 15 is 0 Å². The average Bonchev–Trinajstić information content (AvgIpc) is 3.42. The molecule has 194 valence electrons. The summed E-state index contributed by atoms with van der Waals surface area (Å²) in [5.41, 5.74) is 19.7. The van der Waals surface area contributed by atoms with Crippen LogP contribution in [0.5, 0.6) is 0 Å². The molecular formula is C23H32N8O5. The van der Waals surface area contributed by atoms with E-state index < -0.39 is 36.6 Å². The van der Waals surface area contributed by atoms with Crippen LogP contribution in [0.25, 0.3) is 11.2 Å². The third kappa shape index (κ3) is 5.61. The SMILES string of the molecule is Nc1ncnc2c1ncn2[C@@H]1O[C@H](CN(CCC(N)C(=O)O)CCC(N)c2ccccc2)[C@@H](O)[C@H]1O. The van der Waals surface area contributed by atoms with Crippen molar-refractivity contribution in [1.29, 1.82) is 0 Å². The number of aromatic nitrogens is 4. The summed E-state index contributed by atoms with van der Waals surface area (Å²) in [6.45, 7) is 1.08. The highest BCUT2D eigenvalue weighted by Crippen LogP contribution is 2.32. The number of hydrogen-bond donors (Lipinski definition) is 6. The number of nitrogens with two attached hydrogens (primary N) is 3. The molecule has 9 N–H and O–H groups in total. The minimum Gasteiger partial charge on any atom is -0.480 e. The zero-order valence-electron chi connectivity index (χ0n) is 19.7. The number of rotatable bonds is 11. The molecule has 3 heterocycles. The second kappa shape index (κ2) is 11.2. The molecule has 13 heteroatoms. The first-order valence-electron chi connectivity index (χ1n) is 11.7. The minimum atomic E-state index is -1.25. The van der Waals surface area contributed by atoms with Gasteiger partial charge in [0, 0.05) is 25.7 Å². The molecule has 1 aliphatic heterocycles. The van der Waals surface area contributed by atoms with Crippen molar-refractivity contribution in [2.24, 2.45) is 11.5 Å². The Morgan fingerprint density at radius 3 is 2.53 bits per heavy atom. The molecule has 1 fully saturated rings. The lowest BCUT2D eigenvalue weighted by Gasteiger charge is -2.28. The van der Waals surface area contributed by atoms with Crippen LogP contribution in [0.15, 0.2) is 43.0 Å². The van der Waals surface area contributed by atoms with Crippen molar-refractivity contribution >= 4 is 23.0 Å². The van der Waals surface area contributed by atoms with E-state index in [1.165, 1.54) is 17.2 Å². The molecule has 13 nitrogen and oxygen atoms in total. The average molecular weight is 501 g/mol. The van der Waals surface area contributed by atoms with Crippen LogP contribution in [-0.4, -0.2) is 89.7 Å². The second-order valence-corrected chi connectivity index (χ2v) is 8.97. The Morgan fingerprint density at radius 1 is 1.08 bits per heavy atom. The number of hydrogen-bond acceptors (Lipinski definition) is 11. The third-order valence-corrected chi connectivity index (χ3v) is 6.49. The van der Waals surface area contributed by atoms with Gasteiger partial charge in [0.25, 0.3) is 0 Å². The number of aliphatic hydroxyl groups excluding tert-OH is 2. The number of aliphatic carboxylic acids is 1. The Kier molecular flexibility index (Phi) is 8.08. The van der Waals surface area contributed by atoms with E-state index in [1.807, 2.05) is 35.2 Å². The molecule has 3 aromatic rings. The van der Waals surface area contributed by atoms with E-state index in [1.54, 1.807) is 0 Å². The summed E-state index contributed by atoms with van der Waals surface area (Å²) in [6, 6.07) is 8.41. The van der Waals surface area contributed by atoms with Gasteiger partial charge in [-0.15, -0.1) is 0 Å². The molecule has 0 bridgehead atoms. The highest BCUT2D eigenvalue weighted by molar-refractivity contribution is 5.81. The summed E-state index contributed by atoms with van der Waals surface area (Å²) in [5.74, 6) is -0.893. The second-order valence-electron chi connectivity index (χ2n) is 8.97. The van der Waals surface area contributed by atoms with Gasteiger partial charge in [0.15, 0.2) is 17.7 Å². The molecule has 1 saturated heterocycles. The Balaban J connectivity index is 1.46. The molecule has 4 rings (SSSR count). The number of fused-ring (bicyclic) bond motifs is 1. The van der Waals surface area contributed by atoms with Gasteiger partial charge in [0.05, 0.1) is 6.33 Å². The van der Waals surface area contributed by atoms with Gasteiger partial charge in [-0.1, -0.05) is 30.3 Å². The van der Waals surface area contributed by atoms with Crippen LogP contribution in [0.1, 0.15) is 30.7 Å². The molecule has 6 atom stereocenters. The lowest BCUT2D eigenvalue weighted by molar-refractivity contribution is -0.138. The molecule has 0 radical (unpaired) electrons. The van der Waals surface area contributed by atoms with E-state index in [0.29, 0.717) is 30.7 Å². The van der Waals surface area contributed by atoms with Gasteiger partial charge < -0.3 is 42.2 Å². The first kappa shape index (κ1) is 25.9. The fourth-order valence-corrected chi connectivity index (χ4v) is 4.35. The Hall–Kier alpha value is -3.20. The van der Waals surface area contributed by atoms with Crippen LogP contribution in [-0.2, 0) is 9.53 Å². The van der Waals surface area contributed by atoms with Crippen LogP contribution in [0, 0.1) is 0 Å². The molecule has 2 aromatic heterocycles. The number of ether oxygens (including phenoxy) is 1. The van der Waals surface area contributed by atoms with Crippen molar-refractivity contribution in [1.82, 2.24) is 24.4 Å². The normalized spacial score (nSPS) is 23.8. The highest BCUT2D eigenvalue weighted by atomic mass is 16.6. The van der Waals surface area contributed by atoms with E-state index in [4.69, 9.17) is 21.9 Å². The van der Waals surface area contributed by atoms with Gasteiger partial charge in [0.2, 0.25) is 0 Å². The predicted molar refractivity (Wildman–Crippen MR) is 130 cm³/mol. The molecule has 1 aliphatic rings. The van der Waals surface area contributed by atoms with Gasteiger partial charge in [-0.2, -0.15) is 0 Å². The Morgan fingerprint density at radius 2 is 1.81 bits per heavy atom. The number of anilines is 1. The number of carboxylic acid groups (broad SMARTS) is 1. The maximum atomic E-state index is 11.2. The molecule has 0 amide bonds. The standard InChI is InChI=1S/C23H32N8O5/c24-14(13-4-2-1-3-5-13)6-8-30(9-7-15(25)23(34)35)10-16-18(32)19(33)22(36-16)31-12-29-17-20(26)27-11-28-21(17)31/h1-5,11-12,14-16,18-19,22,32-33H,6-10,24-25H2,(H,34,35)(H2,26,27,28)/t14?,15?,16-,18-,19-,22-/m1/s1. The van der Waals surface area contributed by atoms with Crippen LogP contribution >= 0.6 is 0 Å². The molecule has 2 unspecified atom stereocenters. The Bertz CT molecular complexity index is 1160. The number of nitrogen functional groups attached to an aromatic ring is 1. The summed E-state index contributed by atoms with van der Waals surface area (Å²) in [6.07, 6.45) is -0.662. The number of imidazole rings is 1. The van der Waals surface area contributed by atoms with E-state index in [-0.39, 0.29) is 24.8 Å². The summed E-state index contributed by atoms with van der Waals surface area (Å²) in [5, 5.41) is 30.7. The third-order valence-electron chi connectivity index (χ3n) is 6.49. The monoisotopic (exact) mass is 500 g/mol. The minimum absolute atomic E-state index is 0.194. The molecule has 0 aliphatic carbocycles. The van der Waals surface area contributed by atoms with Crippen LogP contribution in [0.4, 0.5) is 5.82 Å². The summed E-state index contributed by atoms with van der Waals surface area (Å²) in [4.78, 5) is 25.4. The fourth-order valence-electron chi connectivity index (χ4n) is 4.35. The topological polar surface area (TPSA) is 212 Å². The first-order chi connectivity index (χ1) is 17.3. The zero-order valence-corrected chi connectivity index (χ0v) is 19.7. The van der Waals surface area contributed by atoms with Crippen molar-refractivity contribution in [2.45, 2.75) is 49.5 Å².